The predicted molar refractivity (Wildman–Crippen MR) is 341 cm³/mol. The molecule has 2 nitrogen and oxygen atoms in total. The second kappa shape index (κ2) is 19.8. The Morgan fingerprint density at radius 2 is 0.512 bits per heavy atom. The predicted octanol–water partition coefficient (Wildman–Crippen LogP) is 20.7. The smallest absolute Gasteiger partial charge is 0.0541 e. The van der Waals surface area contributed by atoms with E-state index in [9.17, 15) is 0 Å². The minimum Gasteiger partial charge on any atom is -0.309 e. The van der Waals surface area contributed by atoms with Crippen LogP contribution in [0.15, 0.2) is 303 Å². The highest BCUT2D eigenvalue weighted by atomic mass is 15.0. The number of para-hydroxylation sites is 4. The molecule has 0 saturated heterocycles. The number of hydrogen-bond acceptors (Lipinski definition) is 0. The van der Waals surface area contributed by atoms with Gasteiger partial charge >= 0.3 is 0 Å². The summed E-state index contributed by atoms with van der Waals surface area (Å²) in [6.45, 7) is 0. The van der Waals surface area contributed by atoms with Gasteiger partial charge in [-0.3, -0.25) is 0 Å². The van der Waals surface area contributed by atoms with Gasteiger partial charge in [-0.2, -0.15) is 0 Å². The number of benzene rings is 13. The van der Waals surface area contributed by atoms with Gasteiger partial charge in [0.1, 0.15) is 0 Å². The van der Waals surface area contributed by atoms with Crippen LogP contribution in [-0.4, -0.2) is 9.13 Å². The van der Waals surface area contributed by atoms with Crippen molar-refractivity contribution in [3.8, 4) is 33.6 Å². The Kier molecular flexibility index (Phi) is 11.6. The van der Waals surface area contributed by atoms with Crippen molar-refractivity contribution in [2.45, 2.75) is 0 Å². The molecule has 0 atom stereocenters. The van der Waals surface area contributed by atoms with Gasteiger partial charge in [0, 0.05) is 32.9 Å². The highest BCUT2D eigenvalue weighted by molar-refractivity contribution is 6.21. The standard InChI is InChI=1S/C78H52N2/c1-5-21-55(22-6-1)69(49-53-37-47-75-71(51-53)63-29-17-19-35-73(63)79(75)61-25-9-3-10-26-61)57-39-43-59(44-40-57)77-65-31-13-15-33-67(65)78(68-34-16-14-32-66(68)77)60-45-41-58(42-46-60)70(56-23-7-2-8-24-56)50-54-38-48-76-72(52-54)64-30-18-20-36-74(64)80(76)62-27-11-4-12-28-62/h1-52H. The highest BCUT2D eigenvalue weighted by Gasteiger charge is 2.19. The zero-order valence-electron chi connectivity index (χ0n) is 43.9. The maximum atomic E-state index is 2.38. The molecule has 374 valence electrons. The lowest BCUT2D eigenvalue weighted by atomic mass is 9.85. The normalized spacial score (nSPS) is 12.2. The van der Waals surface area contributed by atoms with E-state index in [1.807, 2.05) is 0 Å². The number of nitrogens with zero attached hydrogens (tertiary/aromatic N) is 2. The molecular weight excluding hydrogens is 965 g/mol. The molecule has 0 bridgehead atoms. The molecule has 0 aliphatic heterocycles. The molecule has 0 saturated carbocycles. The first kappa shape index (κ1) is 46.7. The van der Waals surface area contributed by atoms with Crippen molar-refractivity contribution < 1.29 is 0 Å². The van der Waals surface area contributed by atoms with Crippen LogP contribution in [0.3, 0.4) is 0 Å². The van der Waals surface area contributed by atoms with E-state index in [0.29, 0.717) is 0 Å². The van der Waals surface area contributed by atoms with Gasteiger partial charge in [-0.05, 0) is 161 Å². The molecule has 15 rings (SSSR count). The molecule has 0 N–H and O–H groups in total. The van der Waals surface area contributed by atoms with Crippen LogP contribution in [0.2, 0.25) is 0 Å². The lowest BCUT2D eigenvalue weighted by Crippen LogP contribution is -1.93. The summed E-state index contributed by atoms with van der Waals surface area (Å²) >= 11 is 0. The minimum absolute atomic E-state index is 1.16. The maximum Gasteiger partial charge on any atom is 0.0541 e. The van der Waals surface area contributed by atoms with E-state index in [1.165, 1.54) is 110 Å². The molecule has 0 unspecified atom stereocenters. The molecule has 0 amide bonds. The molecule has 0 radical (unpaired) electrons. The Morgan fingerprint density at radius 3 is 0.875 bits per heavy atom. The lowest BCUT2D eigenvalue weighted by Gasteiger charge is -2.18. The molecule has 0 aliphatic carbocycles. The first-order chi connectivity index (χ1) is 39.7. The summed E-state index contributed by atoms with van der Waals surface area (Å²) in [7, 11) is 0. The second-order valence-corrected chi connectivity index (χ2v) is 20.8. The Morgan fingerprint density at radius 1 is 0.225 bits per heavy atom. The fraction of sp³-hybridized carbons (Fsp3) is 0. The van der Waals surface area contributed by atoms with E-state index >= 15 is 0 Å². The van der Waals surface area contributed by atoms with Crippen molar-refractivity contribution in [1.82, 2.24) is 9.13 Å². The first-order valence-corrected chi connectivity index (χ1v) is 27.6. The van der Waals surface area contributed by atoms with Crippen LogP contribution >= 0.6 is 0 Å². The average Bonchev–Trinajstić information content (AvgIpc) is 4.05. The summed E-state index contributed by atoms with van der Waals surface area (Å²) in [5.41, 5.74) is 21.3. The van der Waals surface area contributed by atoms with Crippen LogP contribution in [0.5, 0.6) is 0 Å². The number of fused-ring (bicyclic) bond motifs is 8. The molecule has 0 aliphatic rings. The second-order valence-electron chi connectivity index (χ2n) is 20.8. The highest BCUT2D eigenvalue weighted by Crippen LogP contribution is 2.45. The van der Waals surface area contributed by atoms with Crippen molar-refractivity contribution in [2.75, 3.05) is 0 Å². The molecule has 0 spiro atoms. The van der Waals surface area contributed by atoms with Gasteiger partial charge in [-0.15, -0.1) is 0 Å². The van der Waals surface area contributed by atoms with Gasteiger partial charge in [0.05, 0.1) is 22.1 Å². The molecule has 2 aromatic heterocycles. The topological polar surface area (TPSA) is 9.86 Å². The fourth-order valence-corrected chi connectivity index (χ4v) is 12.5. The third kappa shape index (κ3) is 8.13. The number of hydrogen-bond donors (Lipinski definition) is 0. The van der Waals surface area contributed by atoms with E-state index in [-0.39, 0.29) is 0 Å². The summed E-state index contributed by atoms with van der Waals surface area (Å²) in [5.74, 6) is 0. The molecule has 0 fully saturated rings. The quantitative estimate of drug-likeness (QED) is 0.0954. The summed E-state index contributed by atoms with van der Waals surface area (Å²) in [5, 5.41) is 9.89. The van der Waals surface area contributed by atoms with Crippen molar-refractivity contribution in [3.63, 3.8) is 0 Å². The third-order valence-electron chi connectivity index (χ3n) is 16.1. The maximum absolute atomic E-state index is 2.38. The number of aromatic nitrogens is 2. The molecule has 80 heavy (non-hydrogen) atoms. The number of rotatable bonds is 10. The minimum atomic E-state index is 1.16. The van der Waals surface area contributed by atoms with E-state index in [2.05, 4.69) is 325 Å². The van der Waals surface area contributed by atoms with Crippen molar-refractivity contribution in [1.29, 1.82) is 0 Å². The van der Waals surface area contributed by atoms with E-state index < -0.39 is 0 Å². The fourth-order valence-electron chi connectivity index (χ4n) is 12.5. The molecule has 2 heterocycles. The first-order valence-electron chi connectivity index (χ1n) is 27.6. The summed E-state index contributed by atoms with van der Waals surface area (Å²) < 4.78 is 4.75. The summed E-state index contributed by atoms with van der Waals surface area (Å²) in [6, 6.07) is 111. The molecule has 15 aromatic rings. The van der Waals surface area contributed by atoms with Crippen LogP contribution in [0.4, 0.5) is 0 Å². The van der Waals surface area contributed by atoms with Crippen molar-refractivity contribution >= 4 is 88.5 Å². The summed E-state index contributed by atoms with van der Waals surface area (Å²) in [6.07, 6.45) is 4.71. The Balaban J connectivity index is 0.810. The molecule has 2 heteroatoms. The van der Waals surface area contributed by atoms with E-state index in [1.54, 1.807) is 0 Å². The van der Waals surface area contributed by atoms with Gasteiger partial charge in [0.15, 0.2) is 0 Å². The lowest BCUT2D eigenvalue weighted by molar-refractivity contribution is 1.18. The SMILES string of the molecule is C(=C(c1ccccc1)c1ccc(-c2c3ccccc3c(-c3ccc(C(=Cc4ccc5c(c4)c4ccccc4n5-c4ccccc4)c4ccccc4)cc3)c3ccccc23)cc1)c1ccc2c(c1)c1ccccc1n2-c1ccccc1. The molecular formula is C78H52N2. The van der Waals surface area contributed by atoms with E-state index in [0.717, 1.165) is 33.6 Å². The van der Waals surface area contributed by atoms with Crippen LogP contribution in [0.25, 0.3) is 122 Å². The van der Waals surface area contributed by atoms with Crippen LogP contribution in [-0.2, 0) is 0 Å². The Bertz CT molecular complexity index is 4500. The Hall–Kier alpha value is -10.5. The van der Waals surface area contributed by atoms with Crippen LogP contribution in [0, 0.1) is 0 Å². The van der Waals surface area contributed by atoms with Crippen LogP contribution < -0.4 is 0 Å². The van der Waals surface area contributed by atoms with Gasteiger partial charge in [-0.1, -0.05) is 243 Å². The average molecular weight is 1020 g/mol. The van der Waals surface area contributed by atoms with Crippen molar-refractivity contribution in [2.24, 2.45) is 0 Å². The largest absolute Gasteiger partial charge is 0.309 e. The zero-order valence-corrected chi connectivity index (χ0v) is 43.9. The van der Waals surface area contributed by atoms with E-state index in [4.69, 9.17) is 0 Å². The summed E-state index contributed by atoms with van der Waals surface area (Å²) in [4.78, 5) is 0. The zero-order chi connectivity index (χ0) is 52.9. The van der Waals surface area contributed by atoms with Gasteiger partial charge in [0.25, 0.3) is 0 Å². The Labute approximate surface area is 465 Å². The third-order valence-corrected chi connectivity index (χ3v) is 16.1. The van der Waals surface area contributed by atoms with Gasteiger partial charge < -0.3 is 9.13 Å². The van der Waals surface area contributed by atoms with Crippen LogP contribution in [0.1, 0.15) is 33.4 Å². The van der Waals surface area contributed by atoms with Crippen molar-refractivity contribution in [3.05, 3.63) is 337 Å². The molecule has 13 aromatic carbocycles. The van der Waals surface area contributed by atoms with Gasteiger partial charge in [0.2, 0.25) is 0 Å². The van der Waals surface area contributed by atoms with Gasteiger partial charge in [-0.25, -0.2) is 0 Å². The monoisotopic (exact) mass is 1020 g/mol.